The van der Waals surface area contributed by atoms with Gasteiger partial charge in [-0.05, 0) is 77.0 Å². The monoisotopic (exact) mass is 660 g/mol. The van der Waals surface area contributed by atoms with Gasteiger partial charge in [-0.25, -0.2) is 0 Å². The van der Waals surface area contributed by atoms with E-state index in [-0.39, 0.29) is 6.42 Å². The van der Waals surface area contributed by atoms with Crippen molar-refractivity contribution < 1.29 is 25.2 Å². The summed E-state index contributed by atoms with van der Waals surface area (Å²) in [5, 5.41) is 43.3. The Balaban J connectivity index is 3.99. The number of unbranched alkanes of at least 4 members (excludes halogenated alkanes) is 15. The van der Waals surface area contributed by atoms with E-state index >= 15 is 0 Å². The minimum atomic E-state index is -1.32. The molecule has 0 spiro atoms. The van der Waals surface area contributed by atoms with Gasteiger partial charge in [-0.1, -0.05) is 139 Å². The molecule has 1 amide bonds. The van der Waals surface area contributed by atoms with E-state index in [9.17, 15) is 25.2 Å². The highest BCUT2D eigenvalue weighted by Gasteiger charge is 2.28. The maximum absolute atomic E-state index is 12.4. The molecule has 0 aromatic carbocycles. The lowest BCUT2D eigenvalue weighted by atomic mass is 10.0. The van der Waals surface area contributed by atoms with Crippen LogP contribution in [0, 0.1) is 0 Å². The van der Waals surface area contributed by atoms with Crippen molar-refractivity contribution in [3.05, 3.63) is 60.8 Å². The fourth-order valence-electron chi connectivity index (χ4n) is 5.30. The normalized spacial score (nSPS) is 15.1. The SMILES string of the molecule is CCCCCCCC/C=C\C/C=C\CC(O)C(=O)NC(CO)C(O)C(O)CCC/C=C/CC/C=C/CC/C=C/CCCCCCCC. The van der Waals surface area contributed by atoms with Crippen molar-refractivity contribution in [3.63, 3.8) is 0 Å². The molecule has 4 atom stereocenters. The number of aliphatic hydroxyl groups excluding tert-OH is 4. The standard InChI is InChI=1S/C41H73NO5/c1-3-5-7-9-11-13-15-17-18-19-20-21-22-23-25-26-28-30-32-34-38(44)40(46)37(36-43)42-41(47)39(45)35-33-31-29-27-24-16-14-12-10-8-6-4-2/h17-18,21-22,24,26-28,31,33,37-40,43-46H,3-16,19-20,23,25,29-30,32,34-36H2,1-2H3,(H,42,47)/b18-17+,22-21+,27-24-,28-26+,33-31-. The molecule has 6 heteroatoms. The molecular weight excluding hydrogens is 586 g/mol. The molecule has 0 rings (SSSR count). The molecule has 0 heterocycles. The summed E-state index contributed by atoms with van der Waals surface area (Å²) in [7, 11) is 0. The number of hydrogen-bond donors (Lipinski definition) is 5. The smallest absolute Gasteiger partial charge is 0.249 e. The molecule has 0 radical (unpaired) electrons. The van der Waals surface area contributed by atoms with Crippen molar-refractivity contribution in [2.45, 2.75) is 186 Å². The molecule has 0 saturated heterocycles. The number of carbonyl (C=O) groups is 1. The Bertz CT molecular complexity index is 834. The number of carbonyl (C=O) groups excluding carboxylic acids is 1. The number of amides is 1. The summed E-state index contributed by atoms with van der Waals surface area (Å²) in [6.07, 6.45) is 42.6. The van der Waals surface area contributed by atoms with Crippen LogP contribution in [0.1, 0.15) is 162 Å². The van der Waals surface area contributed by atoms with Crippen LogP contribution in [0.15, 0.2) is 60.8 Å². The molecule has 0 aliphatic rings. The van der Waals surface area contributed by atoms with Gasteiger partial charge in [0.05, 0.1) is 18.8 Å². The van der Waals surface area contributed by atoms with E-state index in [0.29, 0.717) is 12.8 Å². The zero-order valence-corrected chi connectivity index (χ0v) is 30.3. The van der Waals surface area contributed by atoms with Crippen molar-refractivity contribution in [1.82, 2.24) is 5.32 Å². The van der Waals surface area contributed by atoms with Gasteiger partial charge < -0.3 is 25.7 Å². The van der Waals surface area contributed by atoms with Gasteiger partial charge >= 0.3 is 0 Å². The third-order valence-corrected chi connectivity index (χ3v) is 8.42. The second-order valence-corrected chi connectivity index (χ2v) is 12.9. The Morgan fingerprint density at radius 1 is 0.553 bits per heavy atom. The van der Waals surface area contributed by atoms with E-state index in [2.05, 4.69) is 67.8 Å². The summed E-state index contributed by atoms with van der Waals surface area (Å²) in [4.78, 5) is 12.4. The summed E-state index contributed by atoms with van der Waals surface area (Å²) in [5.41, 5.74) is 0. The van der Waals surface area contributed by atoms with E-state index < -0.39 is 36.9 Å². The number of allylic oxidation sites excluding steroid dienone is 9. The van der Waals surface area contributed by atoms with E-state index in [0.717, 1.165) is 44.9 Å². The molecule has 0 aliphatic carbocycles. The number of nitrogens with one attached hydrogen (secondary N) is 1. The third kappa shape index (κ3) is 29.9. The molecule has 272 valence electrons. The first-order valence-electron chi connectivity index (χ1n) is 19.2. The lowest BCUT2D eigenvalue weighted by Crippen LogP contribution is -2.52. The van der Waals surface area contributed by atoms with Crippen molar-refractivity contribution in [3.8, 4) is 0 Å². The lowest BCUT2D eigenvalue weighted by molar-refractivity contribution is -0.132. The van der Waals surface area contributed by atoms with Crippen molar-refractivity contribution >= 4 is 5.91 Å². The van der Waals surface area contributed by atoms with Crippen LogP contribution in [-0.2, 0) is 4.79 Å². The van der Waals surface area contributed by atoms with Crippen molar-refractivity contribution in [2.24, 2.45) is 0 Å². The molecule has 0 saturated carbocycles. The van der Waals surface area contributed by atoms with Crippen LogP contribution in [-0.4, -0.2) is 57.3 Å². The lowest BCUT2D eigenvalue weighted by Gasteiger charge is -2.27. The minimum Gasteiger partial charge on any atom is -0.394 e. The van der Waals surface area contributed by atoms with E-state index in [1.54, 1.807) is 6.08 Å². The number of aliphatic hydroxyl groups is 4. The Labute approximate surface area is 289 Å². The summed E-state index contributed by atoms with van der Waals surface area (Å²) >= 11 is 0. The molecule has 0 bridgehead atoms. The average molecular weight is 660 g/mol. The second-order valence-electron chi connectivity index (χ2n) is 12.9. The first-order chi connectivity index (χ1) is 23.0. The molecule has 4 unspecified atom stereocenters. The van der Waals surface area contributed by atoms with Crippen LogP contribution in [0.3, 0.4) is 0 Å². The van der Waals surface area contributed by atoms with Crippen LogP contribution in [0.4, 0.5) is 0 Å². The Morgan fingerprint density at radius 2 is 0.979 bits per heavy atom. The molecule has 0 aromatic heterocycles. The second kappa shape index (κ2) is 35.3. The summed E-state index contributed by atoms with van der Waals surface area (Å²) in [6, 6.07) is -1.04. The molecular formula is C41H73NO5. The zero-order valence-electron chi connectivity index (χ0n) is 30.3. The maximum atomic E-state index is 12.4. The average Bonchev–Trinajstić information content (AvgIpc) is 3.07. The zero-order chi connectivity index (χ0) is 34.6. The maximum Gasteiger partial charge on any atom is 0.249 e. The highest BCUT2D eigenvalue weighted by Crippen LogP contribution is 2.11. The van der Waals surface area contributed by atoms with Gasteiger partial charge in [0, 0.05) is 6.42 Å². The summed E-state index contributed by atoms with van der Waals surface area (Å²) in [6.45, 7) is 3.95. The van der Waals surface area contributed by atoms with Gasteiger partial charge in [-0.15, -0.1) is 0 Å². The molecule has 47 heavy (non-hydrogen) atoms. The van der Waals surface area contributed by atoms with Gasteiger partial charge in [0.2, 0.25) is 5.91 Å². The van der Waals surface area contributed by atoms with E-state index in [4.69, 9.17) is 0 Å². The van der Waals surface area contributed by atoms with Crippen molar-refractivity contribution in [1.29, 1.82) is 0 Å². The minimum absolute atomic E-state index is 0.146. The van der Waals surface area contributed by atoms with Crippen LogP contribution in [0.25, 0.3) is 0 Å². The Kier molecular flexibility index (Phi) is 33.8. The largest absolute Gasteiger partial charge is 0.394 e. The quantitative estimate of drug-likeness (QED) is 0.0356. The van der Waals surface area contributed by atoms with Gasteiger partial charge in [-0.2, -0.15) is 0 Å². The molecule has 0 fully saturated rings. The van der Waals surface area contributed by atoms with Crippen molar-refractivity contribution in [2.75, 3.05) is 6.61 Å². The number of rotatable bonds is 33. The molecule has 6 nitrogen and oxygen atoms in total. The van der Waals surface area contributed by atoms with Gasteiger partial charge in [-0.3, -0.25) is 4.79 Å². The highest BCUT2D eigenvalue weighted by molar-refractivity contribution is 5.81. The van der Waals surface area contributed by atoms with E-state index in [1.165, 1.54) is 83.5 Å². The third-order valence-electron chi connectivity index (χ3n) is 8.42. The van der Waals surface area contributed by atoms with Crippen LogP contribution >= 0.6 is 0 Å². The predicted octanol–water partition coefficient (Wildman–Crippen LogP) is 9.34. The van der Waals surface area contributed by atoms with E-state index in [1.807, 2.05) is 6.08 Å². The van der Waals surface area contributed by atoms with Gasteiger partial charge in [0.25, 0.3) is 0 Å². The summed E-state index contributed by atoms with van der Waals surface area (Å²) < 4.78 is 0. The molecule has 0 aromatic rings. The predicted molar refractivity (Wildman–Crippen MR) is 200 cm³/mol. The van der Waals surface area contributed by atoms with Crippen LogP contribution in [0.5, 0.6) is 0 Å². The van der Waals surface area contributed by atoms with Gasteiger partial charge in [0.1, 0.15) is 12.2 Å². The molecule has 0 aliphatic heterocycles. The summed E-state index contributed by atoms with van der Waals surface area (Å²) in [5.74, 6) is -0.671. The molecule has 5 N–H and O–H groups in total. The Hall–Kier alpha value is -1.99. The fourth-order valence-corrected chi connectivity index (χ4v) is 5.30. The van der Waals surface area contributed by atoms with Crippen LogP contribution in [0.2, 0.25) is 0 Å². The van der Waals surface area contributed by atoms with Gasteiger partial charge in [0.15, 0.2) is 0 Å². The number of hydrogen-bond acceptors (Lipinski definition) is 5. The topological polar surface area (TPSA) is 110 Å². The first kappa shape index (κ1) is 45.0. The first-order valence-corrected chi connectivity index (χ1v) is 19.2. The van der Waals surface area contributed by atoms with Crippen LogP contribution < -0.4 is 5.32 Å². The fraction of sp³-hybridized carbons (Fsp3) is 0.732. The Morgan fingerprint density at radius 3 is 1.49 bits per heavy atom. The highest BCUT2D eigenvalue weighted by atomic mass is 16.3.